The first-order chi connectivity index (χ1) is 7.11. The van der Waals surface area contributed by atoms with Crippen LogP contribution < -0.4 is 4.90 Å². The molecule has 4 nitrogen and oxygen atoms in total. The Kier molecular flexibility index (Phi) is 4.29. The van der Waals surface area contributed by atoms with Crippen LogP contribution in [0.2, 0.25) is 5.15 Å². The van der Waals surface area contributed by atoms with Crippen LogP contribution in [-0.4, -0.2) is 35.0 Å². The van der Waals surface area contributed by atoms with Gasteiger partial charge in [-0.25, -0.2) is 0 Å². The van der Waals surface area contributed by atoms with Gasteiger partial charge in [-0.3, -0.25) is 0 Å². The molecule has 0 aliphatic heterocycles. The van der Waals surface area contributed by atoms with Crippen LogP contribution in [0.15, 0.2) is 0 Å². The lowest BCUT2D eigenvalue weighted by atomic mass is 10.2. The van der Waals surface area contributed by atoms with Gasteiger partial charge < -0.3 is 10.0 Å². The van der Waals surface area contributed by atoms with Gasteiger partial charge in [-0.15, -0.1) is 10.2 Å². The Hall–Kier alpha value is -0.870. The van der Waals surface area contributed by atoms with E-state index in [-0.39, 0.29) is 6.61 Å². The van der Waals surface area contributed by atoms with Gasteiger partial charge in [0.1, 0.15) is 0 Å². The van der Waals surface area contributed by atoms with Crippen molar-refractivity contribution >= 4 is 17.4 Å². The first-order valence-electron chi connectivity index (χ1n) is 4.97. The number of likely N-dealkylation sites (N-methyl/N-ethyl adjacent to an activating group) is 1. The molecule has 0 radical (unpaired) electrons. The molecule has 1 aromatic heterocycles. The Balaban J connectivity index is 3.07. The summed E-state index contributed by atoms with van der Waals surface area (Å²) in [7, 11) is 0. The molecular weight excluding hydrogens is 214 g/mol. The zero-order chi connectivity index (χ0) is 11.4. The number of aliphatic hydroxyl groups excluding tert-OH is 1. The smallest absolute Gasteiger partial charge is 0.155 e. The molecule has 0 fully saturated rings. The molecule has 0 saturated heterocycles. The second-order valence-corrected chi connectivity index (χ2v) is 3.73. The highest BCUT2D eigenvalue weighted by Gasteiger charge is 2.13. The molecule has 0 saturated carbocycles. The van der Waals surface area contributed by atoms with Crippen molar-refractivity contribution in [3.8, 4) is 0 Å². The maximum absolute atomic E-state index is 8.93. The standard InChI is InChI=1S/C10H16ClN3O/c1-4-14(5-6-15)10-8(3)7(2)9(11)12-13-10/h15H,4-6H2,1-3H3. The molecular formula is C10H16ClN3O. The van der Waals surface area contributed by atoms with Gasteiger partial charge in [-0.1, -0.05) is 11.6 Å². The van der Waals surface area contributed by atoms with E-state index in [4.69, 9.17) is 16.7 Å². The Morgan fingerprint density at radius 3 is 2.47 bits per heavy atom. The summed E-state index contributed by atoms with van der Waals surface area (Å²) >= 11 is 5.87. The van der Waals surface area contributed by atoms with E-state index in [9.17, 15) is 0 Å². The van der Waals surface area contributed by atoms with Crippen molar-refractivity contribution in [3.63, 3.8) is 0 Å². The molecule has 0 aromatic carbocycles. The van der Waals surface area contributed by atoms with Gasteiger partial charge in [-0.05, 0) is 31.9 Å². The number of rotatable bonds is 4. The molecule has 0 bridgehead atoms. The number of hydrogen-bond donors (Lipinski definition) is 1. The van der Waals surface area contributed by atoms with E-state index in [0.29, 0.717) is 11.7 Å². The van der Waals surface area contributed by atoms with Crippen LogP contribution in [0.5, 0.6) is 0 Å². The Bertz CT molecular complexity index is 344. The van der Waals surface area contributed by atoms with Gasteiger partial charge in [0.2, 0.25) is 0 Å². The van der Waals surface area contributed by atoms with Crippen LogP contribution in [0.3, 0.4) is 0 Å². The van der Waals surface area contributed by atoms with Crippen LogP contribution in [0.4, 0.5) is 5.82 Å². The van der Waals surface area contributed by atoms with Crippen molar-refractivity contribution in [3.05, 3.63) is 16.3 Å². The maximum atomic E-state index is 8.93. The molecule has 0 aliphatic rings. The van der Waals surface area contributed by atoms with Gasteiger partial charge in [0.15, 0.2) is 11.0 Å². The van der Waals surface area contributed by atoms with Gasteiger partial charge in [0.05, 0.1) is 6.61 Å². The molecule has 0 amide bonds. The first-order valence-corrected chi connectivity index (χ1v) is 5.34. The zero-order valence-corrected chi connectivity index (χ0v) is 10.0. The summed E-state index contributed by atoms with van der Waals surface area (Å²) < 4.78 is 0. The fourth-order valence-corrected chi connectivity index (χ4v) is 1.58. The van der Waals surface area contributed by atoms with Crippen LogP contribution in [-0.2, 0) is 0 Å². The third-order valence-electron chi connectivity index (χ3n) is 2.49. The first kappa shape index (κ1) is 12.2. The summed E-state index contributed by atoms with van der Waals surface area (Å²) in [5.41, 5.74) is 1.96. The lowest BCUT2D eigenvalue weighted by Gasteiger charge is -2.22. The average molecular weight is 230 g/mol. The minimum atomic E-state index is 0.108. The fourth-order valence-electron chi connectivity index (χ4n) is 1.40. The van der Waals surface area contributed by atoms with Crippen molar-refractivity contribution in [2.24, 2.45) is 0 Å². The number of halogens is 1. The van der Waals surface area contributed by atoms with Crippen LogP contribution in [0.25, 0.3) is 0 Å². The fraction of sp³-hybridized carbons (Fsp3) is 0.600. The van der Waals surface area contributed by atoms with Gasteiger partial charge in [0, 0.05) is 13.1 Å². The topological polar surface area (TPSA) is 49.2 Å². The van der Waals surface area contributed by atoms with Crippen molar-refractivity contribution in [2.75, 3.05) is 24.6 Å². The molecule has 0 aliphatic carbocycles. The summed E-state index contributed by atoms with van der Waals surface area (Å²) in [6, 6.07) is 0. The lowest BCUT2D eigenvalue weighted by molar-refractivity contribution is 0.302. The van der Waals surface area contributed by atoms with Crippen molar-refractivity contribution in [2.45, 2.75) is 20.8 Å². The Labute approximate surface area is 94.9 Å². The van der Waals surface area contributed by atoms with Crippen LogP contribution in [0.1, 0.15) is 18.1 Å². The lowest BCUT2D eigenvalue weighted by Crippen LogP contribution is -2.28. The van der Waals surface area contributed by atoms with Crippen molar-refractivity contribution in [1.29, 1.82) is 0 Å². The third-order valence-corrected chi connectivity index (χ3v) is 2.85. The largest absolute Gasteiger partial charge is 0.395 e. The SMILES string of the molecule is CCN(CCO)c1nnc(Cl)c(C)c1C. The summed E-state index contributed by atoms with van der Waals surface area (Å²) in [5.74, 6) is 0.799. The second-order valence-electron chi connectivity index (χ2n) is 3.37. The summed E-state index contributed by atoms with van der Waals surface area (Å²) in [6.07, 6.45) is 0. The molecule has 1 heterocycles. The Morgan fingerprint density at radius 2 is 1.93 bits per heavy atom. The van der Waals surface area contributed by atoms with E-state index in [1.54, 1.807) is 0 Å². The quantitative estimate of drug-likeness (QED) is 0.852. The van der Waals surface area contributed by atoms with Gasteiger partial charge in [0.25, 0.3) is 0 Å². The molecule has 1 aromatic rings. The average Bonchev–Trinajstić information content (AvgIpc) is 2.24. The van der Waals surface area contributed by atoms with Crippen molar-refractivity contribution < 1.29 is 5.11 Å². The van der Waals surface area contributed by atoms with Crippen LogP contribution in [0, 0.1) is 13.8 Å². The molecule has 5 heteroatoms. The second kappa shape index (κ2) is 5.28. The maximum Gasteiger partial charge on any atom is 0.155 e. The molecule has 0 spiro atoms. The number of anilines is 1. The Morgan fingerprint density at radius 1 is 1.27 bits per heavy atom. The van der Waals surface area contributed by atoms with Gasteiger partial charge >= 0.3 is 0 Å². The van der Waals surface area contributed by atoms with Crippen molar-refractivity contribution in [1.82, 2.24) is 10.2 Å². The number of aliphatic hydroxyl groups is 1. The minimum Gasteiger partial charge on any atom is -0.395 e. The van der Waals surface area contributed by atoms with E-state index in [0.717, 1.165) is 23.5 Å². The van der Waals surface area contributed by atoms with Gasteiger partial charge in [-0.2, -0.15) is 0 Å². The normalized spacial score (nSPS) is 10.5. The van der Waals surface area contributed by atoms with E-state index in [2.05, 4.69) is 10.2 Å². The predicted octanol–water partition coefficient (Wildman–Crippen LogP) is 1.57. The summed E-state index contributed by atoms with van der Waals surface area (Å²) in [4.78, 5) is 1.98. The molecule has 84 valence electrons. The van der Waals surface area contributed by atoms with E-state index in [1.807, 2.05) is 25.7 Å². The molecule has 1 N–H and O–H groups in total. The third kappa shape index (κ3) is 2.58. The highest BCUT2D eigenvalue weighted by Crippen LogP contribution is 2.23. The predicted molar refractivity (Wildman–Crippen MR) is 61.5 cm³/mol. The van der Waals surface area contributed by atoms with E-state index >= 15 is 0 Å². The summed E-state index contributed by atoms with van der Waals surface area (Å²) in [6.45, 7) is 7.36. The molecule has 1 rings (SSSR count). The monoisotopic (exact) mass is 229 g/mol. The highest BCUT2D eigenvalue weighted by molar-refractivity contribution is 6.30. The van der Waals surface area contributed by atoms with E-state index < -0.39 is 0 Å². The summed E-state index contributed by atoms with van der Waals surface area (Å²) in [5, 5.41) is 17.3. The number of hydrogen-bond acceptors (Lipinski definition) is 4. The minimum absolute atomic E-state index is 0.108. The highest BCUT2D eigenvalue weighted by atomic mass is 35.5. The zero-order valence-electron chi connectivity index (χ0n) is 9.29. The molecule has 0 atom stereocenters. The molecule has 15 heavy (non-hydrogen) atoms. The number of nitrogens with zero attached hydrogens (tertiary/aromatic N) is 3. The molecule has 0 unspecified atom stereocenters. The number of aromatic nitrogens is 2. The van der Waals surface area contributed by atoms with E-state index in [1.165, 1.54) is 0 Å². The van der Waals surface area contributed by atoms with Crippen LogP contribution >= 0.6 is 11.6 Å².